The van der Waals surface area contributed by atoms with Gasteiger partial charge in [0.25, 0.3) is 0 Å². The van der Waals surface area contributed by atoms with E-state index < -0.39 is 11.9 Å². The normalized spacial score (nSPS) is 14.8. The fourth-order valence-electron chi connectivity index (χ4n) is 2.94. The van der Waals surface area contributed by atoms with Crippen LogP contribution in [-0.4, -0.2) is 48.2 Å². The maximum Gasteiger partial charge on any atom is 0.320 e. The molecule has 3 rings (SSSR count). The maximum atomic E-state index is 13.9. The number of aromatic nitrogens is 1. The molecule has 1 aliphatic rings. The van der Waals surface area contributed by atoms with Crippen molar-refractivity contribution in [1.82, 2.24) is 15.2 Å². The lowest BCUT2D eigenvalue weighted by atomic mass is 10.1. The van der Waals surface area contributed by atoms with Gasteiger partial charge >= 0.3 is 6.03 Å². The Kier molecular flexibility index (Phi) is 6.45. The summed E-state index contributed by atoms with van der Waals surface area (Å²) in [5.74, 6) is -0.0471. The molecule has 1 fully saturated rings. The molecule has 3 N–H and O–H groups in total. The van der Waals surface area contributed by atoms with E-state index in [4.69, 9.17) is 4.74 Å². The number of ether oxygens (including phenoxy) is 1. The van der Waals surface area contributed by atoms with Gasteiger partial charge < -0.3 is 30.2 Å². The van der Waals surface area contributed by atoms with Crippen molar-refractivity contribution in [3.05, 3.63) is 42.3 Å². The minimum Gasteiger partial charge on any atom is -0.530 e. The lowest BCUT2D eigenvalue weighted by Crippen LogP contribution is -2.44. The van der Waals surface area contributed by atoms with Crippen LogP contribution in [0.5, 0.6) is 11.5 Å². The van der Waals surface area contributed by atoms with Crippen molar-refractivity contribution in [3.8, 4) is 11.5 Å². The lowest BCUT2D eigenvalue weighted by molar-refractivity contribution is -0.242. The molecule has 1 aliphatic heterocycles. The van der Waals surface area contributed by atoms with Gasteiger partial charge in [-0.05, 0) is 51.2 Å². The number of carbonyl (C=O) groups excluding carboxylic acids is 2. The summed E-state index contributed by atoms with van der Waals surface area (Å²) in [5, 5.41) is 17.9. The summed E-state index contributed by atoms with van der Waals surface area (Å²) in [7, 11) is 2.05. The Labute approximate surface area is 166 Å². The van der Waals surface area contributed by atoms with Crippen LogP contribution >= 0.6 is 0 Å². The highest BCUT2D eigenvalue weighted by molar-refractivity contribution is 5.88. The van der Waals surface area contributed by atoms with Gasteiger partial charge in [-0.3, -0.25) is 5.32 Å². The van der Waals surface area contributed by atoms with Crippen molar-refractivity contribution in [2.24, 2.45) is 0 Å². The number of likely N-dealkylation sites (tertiary alicyclic amines) is 1. The van der Waals surface area contributed by atoms with Crippen molar-refractivity contribution in [3.63, 3.8) is 0 Å². The van der Waals surface area contributed by atoms with Gasteiger partial charge in [0.05, 0.1) is 5.69 Å². The number of anilines is 2. The molecule has 0 atom stereocenters. The van der Waals surface area contributed by atoms with Gasteiger partial charge in [0, 0.05) is 24.4 Å². The third-order valence-corrected chi connectivity index (χ3v) is 4.44. The van der Waals surface area contributed by atoms with Crippen LogP contribution < -0.4 is 25.8 Å². The molecule has 0 bridgehead atoms. The number of urea groups is 1. The maximum absolute atomic E-state index is 13.9. The molecule has 0 aliphatic carbocycles. The van der Waals surface area contributed by atoms with Crippen LogP contribution in [0.2, 0.25) is 0 Å². The van der Waals surface area contributed by atoms with E-state index in [1.807, 2.05) is 12.4 Å². The van der Waals surface area contributed by atoms with Crippen molar-refractivity contribution < 1.29 is 23.8 Å². The number of amides is 3. The summed E-state index contributed by atoms with van der Waals surface area (Å²) in [6.07, 6.45) is 1.60. The highest BCUT2D eigenvalue weighted by Gasteiger charge is 2.18. The Morgan fingerprint density at radius 3 is 2.59 bits per heavy atom. The van der Waals surface area contributed by atoms with Crippen LogP contribution in [0.25, 0.3) is 0 Å². The van der Waals surface area contributed by atoms with E-state index >= 15 is 0 Å². The fraction of sp³-hybridized carbons (Fsp3) is 0.316. The number of nitrogens with zero attached hydrogens (tertiary/aromatic N) is 2. The molecule has 2 heterocycles. The Bertz CT molecular complexity index is 887. The third kappa shape index (κ3) is 6.04. The summed E-state index contributed by atoms with van der Waals surface area (Å²) in [6.45, 7) is 1.86. The molecule has 1 saturated heterocycles. The van der Waals surface area contributed by atoms with Crippen molar-refractivity contribution in [2.75, 3.05) is 30.8 Å². The fourth-order valence-corrected chi connectivity index (χ4v) is 2.94. The first-order chi connectivity index (χ1) is 13.9. The van der Waals surface area contributed by atoms with E-state index in [0.29, 0.717) is 5.75 Å². The summed E-state index contributed by atoms with van der Waals surface area (Å²) < 4.78 is 19.5. The Morgan fingerprint density at radius 2 is 1.90 bits per heavy atom. The number of piperidine rings is 1. The zero-order valence-corrected chi connectivity index (χ0v) is 15.8. The van der Waals surface area contributed by atoms with Gasteiger partial charge in [0.2, 0.25) is 0 Å². The van der Waals surface area contributed by atoms with E-state index in [9.17, 15) is 19.1 Å². The predicted octanol–water partition coefficient (Wildman–Crippen LogP) is 1.98. The molecule has 10 heteroatoms. The first kappa shape index (κ1) is 20.3. The van der Waals surface area contributed by atoms with Crippen LogP contribution in [0.15, 0.2) is 36.5 Å². The molecule has 3 amide bonds. The lowest BCUT2D eigenvalue weighted by Gasteiger charge is -2.29. The smallest absolute Gasteiger partial charge is 0.320 e. The van der Waals surface area contributed by atoms with Gasteiger partial charge in [0.15, 0.2) is 0 Å². The highest BCUT2D eigenvalue weighted by atomic mass is 19.1. The molecule has 0 spiro atoms. The number of benzene rings is 1. The molecule has 1 aromatic heterocycles. The molecule has 154 valence electrons. The van der Waals surface area contributed by atoms with Crippen molar-refractivity contribution in [2.45, 2.75) is 18.9 Å². The van der Waals surface area contributed by atoms with E-state index in [1.165, 1.54) is 24.4 Å². The molecule has 29 heavy (non-hydrogen) atoms. The zero-order chi connectivity index (χ0) is 20.8. The van der Waals surface area contributed by atoms with Crippen LogP contribution in [-0.2, 0) is 0 Å². The number of carboxylic acid groups (broad SMARTS) is 1. The van der Waals surface area contributed by atoms with Gasteiger partial charge in [-0.1, -0.05) is 0 Å². The van der Waals surface area contributed by atoms with E-state index in [2.05, 4.69) is 20.5 Å². The summed E-state index contributed by atoms with van der Waals surface area (Å²) in [4.78, 5) is 29.0. The largest absolute Gasteiger partial charge is 0.530 e. The average molecular weight is 402 g/mol. The van der Waals surface area contributed by atoms with Gasteiger partial charge in [-0.15, -0.1) is 0 Å². The van der Waals surface area contributed by atoms with Crippen molar-refractivity contribution >= 4 is 23.6 Å². The number of rotatable bonds is 5. The first-order valence-electron chi connectivity index (χ1n) is 9.06. The van der Waals surface area contributed by atoms with Gasteiger partial charge in [-0.25, -0.2) is 14.2 Å². The van der Waals surface area contributed by atoms with E-state index in [1.54, 1.807) is 6.07 Å². The zero-order valence-electron chi connectivity index (χ0n) is 15.8. The number of halogens is 1. The molecule has 1 aromatic carbocycles. The second-order valence-electron chi connectivity index (χ2n) is 6.71. The first-order valence-corrected chi connectivity index (χ1v) is 9.06. The minimum absolute atomic E-state index is 0.113. The summed E-state index contributed by atoms with van der Waals surface area (Å²) in [5.41, 5.74) is -0.236. The number of hydrogen-bond donors (Lipinski definition) is 3. The number of pyridine rings is 1. The number of nitrogens with one attached hydrogen (secondary N) is 3. The SMILES string of the molecule is CN1CCC(NC(=O)Nc2cc(Oc3ccc(NC(=O)[O-])c(F)c3)ccn2)CC1. The quantitative estimate of drug-likeness (QED) is 0.704. The molecule has 0 unspecified atom stereocenters. The topological polar surface area (TPSA) is 119 Å². The Balaban J connectivity index is 1.58. The number of carbonyl (C=O) groups is 2. The van der Waals surface area contributed by atoms with Crippen molar-refractivity contribution in [1.29, 1.82) is 0 Å². The molecular weight excluding hydrogens is 381 g/mol. The van der Waals surface area contributed by atoms with Crippen LogP contribution in [0.4, 0.5) is 25.5 Å². The second kappa shape index (κ2) is 9.20. The minimum atomic E-state index is -1.61. The standard InChI is InChI=1S/C19H22FN5O4/c1-25-8-5-12(6-9-25)22-18(26)24-17-11-14(4-7-21-17)29-13-2-3-16(15(20)10-13)23-19(27)28/h2-4,7,10-12,23H,5-6,8-9H2,1H3,(H,27,28)(H2,21,22,24,26)/p-1. The van der Waals surface area contributed by atoms with E-state index in [0.717, 1.165) is 32.0 Å². The third-order valence-electron chi connectivity index (χ3n) is 4.44. The summed E-state index contributed by atoms with van der Waals surface area (Å²) in [6, 6.07) is 6.45. The van der Waals surface area contributed by atoms with Gasteiger partial charge in [0.1, 0.15) is 29.2 Å². The Morgan fingerprint density at radius 1 is 1.17 bits per heavy atom. The Hall–Kier alpha value is -3.40. The molecule has 0 radical (unpaired) electrons. The van der Waals surface area contributed by atoms with E-state index in [-0.39, 0.29) is 29.3 Å². The average Bonchev–Trinajstić information content (AvgIpc) is 2.66. The predicted molar refractivity (Wildman–Crippen MR) is 102 cm³/mol. The van der Waals surface area contributed by atoms with Crippen LogP contribution in [0.1, 0.15) is 12.8 Å². The molecular formula is C19H21FN5O4-. The highest BCUT2D eigenvalue weighted by Crippen LogP contribution is 2.26. The summed E-state index contributed by atoms with van der Waals surface area (Å²) >= 11 is 0. The molecule has 9 nitrogen and oxygen atoms in total. The second-order valence-corrected chi connectivity index (χ2v) is 6.71. The monoisotopic (exact) mass is 402 g/mol. The van der Waals surface area contributed by atoms with Crippen LogP contribution in [0.3, 0.4) is 0 Å². The van der Waals surface area contributed by atoms with Crippen LogP contribution in [0, 0.1) is 5.82 Å². The molecule has 0 saturated carbocycles. The van der Waals surface area contributed by atoms with Gasteiger partial charge in [-0.2, -0.15) is 0 Å². The number of hydrogen-bond acceptors (Lipinski definition) is 6. The molecule has 2 aromatic rings.